The zero-order valence-corrected chi connectivity index (χ0v) is 13.9. The number of amides is 1. The first-order valence-electron chi connectivity index (χ1n) is 7.59. The third-order valence-corrected chi connectivity index (χ3v) is 5.45. The van der Waals surface area contributed by atoms with E-state index in [1.807, 2.05) is 0 Å². The maximum absolute atomic E-state index is 12.5. The summed E-state index contributed by atoms with van der Waals surface area (Å²) in [7, 11) is -3.56. The number of carboxylic acids is 1. The van der Waals surface area contributed by atoms with Gasteiger partial charge in [0, 0.05) is 31.6 Å². The SMILES string of the molecule is O=C(O)CCCC(=O)Nc1ccc(S(=O)(=O)N2CCOCC2)cc1. The summed E-state index contributed by atoms with van der Waals surface area (Å²) < 4.78 is 31.4. The summed E-state index contributed by atoms with van der Waals surface area (Å²) in [6.45, 7) is 1.40. The summed E-state index contributed by atoms with van der Waals surface area (Å²) in [5, 5.41) is 11.1. The number of hydrogen-bond donors (Lipinski definition) is 2. The minimum atomic E-state index is -3.56. The largest absolute Gasteiger partial charge is 0.481 e. The molecule has 0 aromatic heterocycles. The Morgan fingerprint density at radius 1 is 1.12 bits per heavy atom. The number of carbonyl (C=O) groups is 2. The summed E-state index contributed by atoms with van der Waals surface area (Å²) in [5.74, 6) is -1.25. The number of anilines is 1. The van der Waals surface area contributed by atoms with Crippen molar-refractivity contribution in [1.29, 1.82) is 0 Å². The smallest absolute Gasteiger partial charge is 0.303 e. The molecule has 9 heteroatoms. The summed E-state index contributed by atoms with van der Waals surface area (Å²) in [6.07, 6.45) is 0.287. The molecule has 1 aliphatic heterocycles. The molecule has 0 unspecified atom stereocenters. The van der Waals surface area contributed by atoms with Crippen molar-refractivity contribution in [2.75, 3.05) is 31.6 Å². The first-order valence-corrected chi connectivity index (χ1v) is 9.03. The predicted molar refractivity (Wildman–Crippen MR) is 86.1 cm³/mol. The minimum absolute atomic E-state index is 0.0653. The zero-order chi connectivity index (χ0) is 17.6. The molecule has 0 bridgehead atoms. The van der Waals surface area contributed by atoms with Crippen molar-refractivity contribution < 1.29 is 27.9 Å². The molecule has 1 aliphatic rings. The van der Waals surface area contributed by atoms with E-state index >= 15 is 0 Å². The molecular weight excluding hydrogens is 336 g/mol. The van der Waals surface area contributed by atoms with Gasteiger partial charge in [0.25, 0.3) is 0 Å². The van der Waals surface area contributed by atoms with E-state index in [4.69, 9.17) is 9.84 Å². The molecule has 24 heavy (non-hydrogen) atoms. The second-order valence-corrected chi connectivity index (χ2v) is 7.27. The van der Waals surface area contributed by atoms with Crippen LogP contribution in [-0.4, -0.2) is 56.0 Å². The van der Waals surface area contributed by atoms with Crippen molar-refractivity contribution in [3.8, 4) is 0 Å². The summed E-state index contributed by atoms with van der Waals surface area (Å²) in [4.78, 5) is 22.2. The van der Waals surface area contributed by atoms with Crippen LogP contribution in [0.15, 0.2) is 29.2 Å². The van der Waals surface area contributed by atoms with Crippen molar-refractivity contribution in [1.82, 2.24) is 4.31 Å². The fraction of sp³-hybridized carbons (Fsp3) is 0.467. The standard InChI is InChI=1S/C15H20N2O6S/c18-14(2-1-3-15(19)20)16-12-4-6-13(7-5-12)24(21,22)17-8-10-23-11-9-17/h4-7H,1-3,8-11H2,(H,16,18)(H,19,20). The van der Waals surface area contributed by atoms with Gasteiger partial charge in [-0.05, 0) is 30.7 Å². The molecule has 1 heterocycles. The fourth-order valence-electron chi connectivity index (χ4n) is 2.27. The molecule has 1 saturated heterocycles. The van der Waals surface area contributed by atoms with Crippen molar-refractivity contribution in [3.63, 3.8) is 0 Å². The molecule has 0 spiro atoms. The van der Waals surface area contributed by atoms with Gasteiger partial charge in [0.05, 0.1) is 18.1 Å². The van der Waals surface area contributed by atoms with E-state index in [1.165, 1.54) is 28.6 Å². The first kappa shape index (κ1) is 18.4. The van der Waals surface area contributed by atoms with E-state index < -0.39 is 16.0 Å². The number of nitrogens with zero attached hydrogens (tertiary/aromatic N) is 1. The van der Waals surface area contributed by atoms with Crippen LogP contribution in [0.1, 0.15) is 19.3 Å². The molecule has 1 aromatic carbocycles. The molecule has 1 fully saturated rings. The molecule has 0 saturated carbocycles. The van der Waals surface area contributed by atoms with Crippen LogP contribution in [0.3, 0.4) is 0 Å². The van der Waals surface area contributed by atoms with Crippen LogP contribution >= 0.6 is 0 Å². The number of nitrogens with one attached hydrogen (secondary N) is 1. The Hall–Kier alpha value is -1.97. The number of carboxylic acid groups (broad SMARTS) is 1. The van der Waals surface area contributed by atoms with Crippen LogP contribution in [-0.2, 0) is 24.3 Å². The van der Waals surface area contributed by atoms with E-state index in [1.54, 1.807) is 0 Å². The van der Waals surface area contributed by atoms with Gasteiger partial charge in [0.2, 0.25) is 15.9 Å². The van der Waals surface area contributed by atoms with Gasteiger partial charge < -0.3 is 15.2 Å². The van der Waals surface area contributed by atoms with Crippen LogP contribution in [0.2, 0.25) is 0 Å². The highest BCUT2D eigenvalue weighted by Crippen LogP contribution is 2.19. The lowest BCUT2D eigenvalue weighted by Gasteiger charge is -2.26. The third kappa shape index (κ3) is 5.02. The van der Waals surface area contributed by atoms with Crippen molar-refractivity contribution >= 4 is 27.6 Å². The second-order valence-electron chi connectivity index (χ2n) is 5.34. The second kappa shape index (κ2) is 8.22. The van der Waals surface area contributed by atoms with Crippen LogP contribution in [0.4, 0.5) is 5.69 Å². The Kier molecular flexibility index (Phi) is 6.29. The molecule has 1 aromatic rings. The van der Waals surface area contributed by atoms with E-state index in [2.05, 4.69) is 5.32 Å². The van der Waals surface area contributed by atoms with E-state index in [-0.39, 0.29) is 30.1 Å². The maximum atomic E-state index is 12.5. The van der Waals surface area contributed by atoms with Crippen molar-refractivity contribution in [2.45, 2.75) is 24.2 Å². The molecule has 0 atom stereocenters. The lowest BCUT2D eigenvalue weighted by Crippen LogP contribution is -2.40. The van der Waals surface area contributed by atoms with Gasteiger partial charge in [-0.3, -0.25) is 9.59 Å². The van der Waals surface area contributed by atoms with Crippen LogP contribution in [0, 0.1) is 0 Å². The number of aliphatic carboxylic acids is 1. The molecule has 0 radical (unpaired) electrons. The lowest BCUT2D eigenvalue weighted by atomic mass is 10.2. The first-order chi connectivity index (χ1) is 11.4. The Morgan fingerprint density at radius 2 is 1.75 bits per heavy atom. The van der Waals surface area contributed by atoms with Crippen molar-refractivity contribution in [3.05, 3.63) is 24.3 Å². The molecule has 2 N–H and O–H groups in total. The highest BCUT2D eigenvalue weighted by atomic mass is 32.2. The quantitative estimate of drug-likeness (QED) is 0.750. The van der Waals surface area contributed by atoms with E-state index in [0.717, 1.165) is 0 Å². The van der Waals surface area contributed by atoms with E-state index in [9.17, 15) is 18.0 Å². The Labute approximate surface area is 140 Å². The van der Waals surface area contributed by atoms with E-state index in [0.29, 0.717) is 32.0 Å². The molecule has 132 valence electrons. The number of benzene rings is 1. The average Bonchev–Trinajstić information content (AvgIpc) is 2.56. The number of sulfonamides is 1. The molecule has 0 aliphatic carbocycles. The Balaban J connectivity index is 1.94. The summed E-state index contributed by atoms with van der Waals surface area (Å²) >= 11 is 0. The lowest BCUT2D eigenvalue weighted by molar-refractivity contribution is -0.137. The van der Waals surface area contributed by atoms with Crippen molar-refractivity contribution in [2.24, 2.45) is 0 Å². The van der Waals surface area contributed by atoms with Gasteiger partial charge in [-0.2, -0.15) is 4.31 Å². The number of hydrogen-bond acceptors (Lipinski definition) is 5. The molecule has 8 nitrogen and oxygen atoms in total. The highest BCUT2D eigenvalue weighted by molar-refractivity contribution is 7.89. The van der Waals surface area contributed by atoms with Gasteiger partial charge in [-0.15, -0.1) is 0 Å². The molecule has 1 amide bonds. The van der Waals surface area contributed by atoms with Crippen LogP contribution in [0.25, 0.3) is 0 Å². The number of ether oxygens (including phenoxy) is 1. The Bertz CT molecular complexity index is 680. The normalized spacial score (nSPS) is 15.8. The van der Waals surface area contributed by atoms with Gasteiger partial charge in [-0.25, -0.2) is 8.42 Å². The van der Waals surface area contributed by atoms with Gasteiger partial charge >= 0.3 is 5.97 Å². The minimum Gasteiger partial charge on any atom is -0.481 e. The average molecular weight is 356 g/mol. The molecule has 2 rings (SSSR count). The third-order valence-electron chi connectivity index (χ3n) is 3.54. The van der Waals surface area contributed by atoms with Crippen LogP contribution < -0.4 is 5.32 Å². The topological polar surface area (TPSA) is 113 Å². The van der Waals surface area contributed by atoms with Gasteiger partial charge in [0.1, 0.15) is 0 Å². The number of carbonyl (C=O) groups excluding carboxylic acids is 1. The predicted octanol–water partition coefficient (Wildman–Crippen LogP) is 0.901. The monoisotopic (exact) mass is 356 g/mol. The van der Waals surface area contributed by atoms with Gasteiger partial charge in [0.15, 0.2) is 0 Å². The maximum Gasteiger partial charge on any atom is 0.303 e. The van der Waals surface area contributed by atoms with Gasteiger partial charge in [-0.1, -0.05) is 0 Å². The zero-order valence-electron chi connectivity index (χ0n) is 13.1. The Morgan fingerprint density at radius 3 is 2.33 bits per heavy atom. The number of morpholine rings is 1. The van der Waals surface area contributed by atoms with Crippen LogP contribution in [0.5, 0.6) is 0 Å². The number of rotatable bonds is 7. The molecular formula is C15H20N2O6S. The fourth-order valence-corrected chi connectivity index (χ4v) is 3.68. The summed E-state index contributed by atoms with van der Waals surface area (Å²) in [6, 6.07) is 5.92. The highest BCUT2D eigenvalue weighted by Gasteiger charge is 2.26. The summed E-state index contributed by atoms with van der Waals surface area (Å²) in [5.41, 5.74) is 0.469.